The van der Waals surface area contributed by atoms with E-state index in [-0.39, 0.29) is 11.7 Å². The zero-order valence-corrected chi connectivity index (χ0v) is 10.1. The van der Waals surface area contributed by atoms with Gasteiger partial charge in [-0.05, 0) is 35.0 Å². The highest BCUT2D eigenvalue weighted by molar-refractivity contribution is 9.10. The van der Waals surface area contributed by atoms with Crippen LogP contribution in [0.3, 0.4) is 0 Å². The van der Waals surface area contributed by atoms with E-state index in [0.29, 0.717) is 11.5 Å². The predicted molar refractivity (Wildman–Crippen MR) is 63.2 cm³/mol. The molecule has 0 radical (unpaired) electrons. The molecule has 0 bridgehead atoms. The van der Waals surface area contributed by atoms with Crippen molar-refractivity contribution in [3.63, 3.8) is 0 Å². The molecule has 0 aliphatic rings. The fourth-order valence-electron chi connectivity index (χ4n) is 1.19. The van der Waals surface area contributed by atoms with E-state index in [2.05, 4.69) is 36.4 Å². The number of hydrogen-bond acceptors (Lipinski definition) is 3. The predicted octanol–water partition coefficient (Wildman–Crippen LogP) is 2.13. The van der Waals surface area contributed by atoms with Gasteiger partial charge in [-0.15, -0.1) is 5.10 Å². The number of carbonyl (C=O) groups is 1. The molecule has 2 rings (SSSR count). The second-order valence-electron chi connectivity index (χ2n) is 3.18. The summed E-state index contributed by atoms with van der Waals surface area (Å²) in [5, 5.41) is 9.10. The lowest BCUT2D eigenvalue weighted by molar-refractivity contribution is 0.101. The number of nitrogens with zero attached hydrogens (tertiary/aromatic N) is 2. The Labute approximate surface area is 100 Å². The number of amides is 1. The van der Waals surface area contributed by atoms with Crippen LogP contribution >= 0.6 is 15.9 Å². The molecule has 5 nitrogen and oxygen atoms in total. The van der Waals surface area contributed by atoms with E-state index in [0.717, 1.165) is 4.47 Å². The van der Waals surface area contributed by atoms with Crippen molar-refractivity contribution in [1.29, 1.82) is 0 Å². The minimum absolute atomic E-state index is 0.133. The van der Waals surface area contributed by atoms with Gasteiger partial charge in [0.1, 0.15) is 5.82 Å². The third kappa shape index (κ3) is 2.27. The molecule has 0 atom stereocenters. The summed E-state index contributed by atoms with van der Waals surface area (Å²) in [6.07, 6.45) is 0. The molecule has 1 heterocycles. The number of carbonyl (C=O) groups excluding carboxylic acids is 1. The molecule has 0 fully saturated rings. The van der Waals surface area contributed by atoms with Crippen molar-refractivity contribution in [3.8, 4) is 0 Å². The van der Waals surface area contributed by atoms with Crippen LogP contribution in [0.25, 0.3) is 0 Å². The minimum Gasteiger partial charge on any atom is -0.318 e. The first-order valence-corrected chi connectivity index (χ1v) is 5.41. The summed E-state index contributed by atoms with van der Waals surface area (Å²) in [6.45, 7) is 1.74. The Morgan fingerprint density at radius 2 is 2.19 bits per heavy atom. The molecule has 1 amide bonds. The Bertz CT molecular complexity index is 523. The van der Waals surface area contributed by atoms with Gasteiger partial charge in [0.25, 0.3) is 5.91 Å². The first-order valence-electron chi connectivity index (χ1n) is 4.61. The summed E-state index contributed by atoms with van der Waals surface area (Å²) in [4.78, 5) is 15.6. The third-order valence-corrected chi connectivity index (χ3v) is 2.61. The van der Waals surface area contributed by atoms with Gasteiger partial charge in [-0.3, -0.25) is 9.89 Å². The standard InChI is InChI=1S/C10H9BrN4O/c1-6-12-9(15-14-6)10(16)13-8-5-3-2-4-7(8)11/h2-5H,1H3,(H,13,16)(H,12,14,15). The largest absolute Gasteiger partial charge is 0.318 e. The van der Waals surface area contributed by atoms with Gasteiger partial charge in [-0.2, -0.15) is 0 Å². The Balaban J connectivity index is 2.17. The van der Waals surface area contributed by atoms with Crippen LogP contribution in [0, 0.1) is 6.92 Å². The van der Waals surface area contributed by atoms with Crippen LogP contribution in [-0.4, -0.2) is 21.1 Å². The summed E-state index contributed by atoms with van der Waals surface area (Å²) < 4.78 is 0.815. The number of para-hydroxylation sites is 1. The zero-order chi connectivity index (χ0) is 11.5. The van der Waals surface area contributed by atoms with Crippen molar-refractivity contribution in [3.05, 3.63) is 40.4 Å². The maximum Gasteiger partial charge on any atom is 0.295 e. The van der Waals surface area contributed by atoms with Gasteiger partial charge in [0, 0.05) is 4.47 Å². The van der Waals surface area contributed by atoms with E-state index in [4.69, 9.17) is 0 Å². The second kappa shape index (κ2) is 4.44. The van der Waals surface area contributed by atoms with Gasteiger partial charge in [-0.25, -0.2) is 4.98 Å². The second-order valence-corrected chi connectivity index (χ2v) is 4.03. The number of halogens is 1. The Hall–Kier alpha value is -1.69. The molecule has 82 valence electrons. The molecule has 0 aliphatic heterocycles. The Morgan fingerprint density at radius 1 is 1.44 bits per heavy atom. The lowest BCUT2D eigenvalue weighted by Gasteiger charge is -2.03. The van der Waals surface area contributed by atoms with E-state index in [9.17, 15) is 4.79 Å². The molecular formula is C10H9BrN4O. The Kier molecular flexibility index (Phi) is 3.00. The maximum absolute atomic E-state index is 11.7. The molecule has 0 spiro atoms. The number of nitrogens with one attached hydrogen (secondary N) is 2. The summed E-state index contributed by atoms with van der Waals surface area (Å²) in [5.74, 6) is 0.404. The number of hydrogen-bond donors (Lipinski definition) is 2. The highest BCUT2D eigenvalue weighted by Crippen LogP contribution is 2.21. The van der Waals surface area contributed by atoms with Gasteiger partial charge >= 0.3 is 0 Å². The Morgan fingerprint density at radius 3 is 2.81 bits per heavy atom. The topological polar surface area (TPSA) is 70.7 Å². The average molecular weight is 281 g/mol. The maximum atomic E-state index is 11.7. The number of H-pyrrole nitrogens is 1. The van der Waals surface area contributed by atoms with Crippen LogP contribution in [0.2, 0.25) is 0 Å². The summed E-state index contributed by atoms with van der Waals surface area (Å²) in [5.41, 5.74) is 0.690. The average Bonchev–Trinajstić information content (AvgIpc) is 2.68. The number of anilines is 1. The SMILES string of the molecule is Cc1nc(C(=O)Nc2ccccc2Br)n[nH]1. The molecule has 6 heteroatoms. The van der Waals surface area contributed by atoms with Crippen LogP contribution in [0.15, 0.2) is 28.7 Å². The van der Waals surface area contributed by atoms with Gasteiger partial charge in [0.15, 0.2) is 0 Å². The molecular weight excluding hydrogens is 272 g/mol. The zero-order valence-electron chi connectivity index (χ0n) is 8.49. The molecule has 1 aromatic heterocycles. The van der Waals surface area contributed by atoms with Crippen molar-refractivity contribution >= 4 is 27.5 Å². The quantitative estimate of drug-likeness (QED) is 0.885. The van der Waals surface area contributed by atoms with E-state index in [1.54, 1.807) is 13.0 Å². The third-order valence-electron chi connectivity index (χ3n) is 1.92. The lowest BCUT2D eigenvalue weighted by atomic mass is 10.3. The van der Waals surface area contributed by atoms with Gasteiger partial charge in [0.05, 0.1) is 5.69 Å². The highest BCUT2D eigenvalue weighted by atomic mass is 79.9. The van der Waals surface area contributed by atoms with Crippen molar-refractivity contribution < 1.29 is 4.79 Å². The fraction of sp³-hybridized carbons (Fsp3) is 0.100. The van der Waals surface area contributed by atoms with Crippen LogP contribution in [0.4, 0.5) is 5.69 Å². The molecule has 0 saturated heterocycles. The molecule has 0 aliphatic carbocycles. The highest BCUT2D eigenvalue weighted by Gasteiger charge is 2.12. The van der Waals surface area contributed by atoms with Crippen LogP contribution in [-0.2, 0) is 0 Å². The van der Waals surface area contributed by atoms with E-state index < -0.39 is 0 Å². The molecule has 2 aromatic rings. The minimum atomic E-state index is -0.337. The summed E-state index contributed by atoms with van der Waals surface area (Å²) in [7, 11) is 0. The van der Waals surface area contributed by atoms with Crippen LogP contribution in [0.5, 0.6) is 0 Å². The summed E-state index contributed by atoms with van der Waals surface area (Å²) in [6, 6.07) is 7.35. The number of aromatic amines is 1. The van der Waals surface area contributed by atoms with E-state index in [1.807, 2.05) is 18.2 Å². The normalized spacial score (nSPS) is 10.1. The first kappa shape index (κ1) is 10.8. The molecule has 0 saturated carbocycles. The number of rotatable bonds is 2. The van der Waals surface area contributed by atoms with E-state index in [1.165, 1.54) is 0 Å². The molecule has 0 unspecified atom stereocenters. The number of aromatic nitrogens is 3. The van der Waals surface area contributed by atoms with Crippen molar-refractivity contribution in [1.82, 2.24) is 15.2 Å². The first-order chi connectivity index (χ1) is 7.66. The summed E-state index contributed by atoms with van der Waals surface area (Å²) >= 11 is 3.34. The number of aryl methyl sites for hydroxylation is 1. The van der Waals surface area contributed by atoms with Crippen LogP contribution in [0.1, 0.15) is 16.4 Å². The van der Waals surface area contributed by atoms with Gasteiger partial charge in [-0.1, -0.05) is 12.1 Å². The molecule has 2 N–H and O–H groups in total. The van der Waals surface area contributed by atoms with Crippen LogP contribution < -0.4 is 5.32 Å². The van der Waals surface area contributed by atoms with Gasteiger partial charge < -0.3 is 5.32 Å². The lowest BCUT2D eigenvalue weighted by Crippen LogP contribution is -2.14. The van der Waals surface area contributed by atoms with Gasteiger partial charge in [0.2, 0.25) is 5.82 Å². The molecule has 16 heavy (non-hydrogen) atoms. The van der Waals surface area contributed by atoms with Crippen molar-refractivity contribution in [2.24, 2.45) is 0 Å². The number of benzene rings is 1. The van der Waals surface area contributed by atoms with Crippen molar-refractivity contribution in [2.75, 3.05) is 5.32 Å². The fourth-order valence-corrected chi connectivity index (χ4v) is 1.57. The smallest absolute Gasteiger partial charge is 0.295 e. The molecule has 1 aromatic carbocycles. The monoisotopic (exact) mass is 280 g/mol. The van der Waals surface area contributed by atoms with Crippen molar-refractivity contribution in [2.45, 2.75) is 6.92 Å². The van der Waals surface area contributed by atoms with E-state index >= 15 is 0 Å².